The highest BCUT2D eigenvalue weighted by molar-refractivity contribution is 7.71. The van der Waals surface area contributed by atoms with E-state index in [9.17, 15) is 8.78 Å². The third-order valence-electron chi connectivity index (χ3n) is 1.95. The minimum atomic E-state index is -0.921. The highest BCUT2D eigenvalue weighted by Crippen LogP contribution is 2.23. The molecule has 5 heteroatoms. The number of nitrogens with one attached hydrogen (secondary N) is 1. The molecule has 2 rings (SSSR count). The van der Waals surface area contributed by atoms with Crippen LogP contribution >= 0.6 is 12.2 Å². The van der Waals surface area contributed by atoms with Crippen molar-refractivity contribution in [1.29, 1.82) is 0 Å². The molecule has 2 heterocycles. The molecule has 0 aromatic carbocycles. The molecule has 0 aromatic heterocycles. The van der Waals surface area contributed by atoms with Crippen LogP contribution in [0.1, 0.15) is 5.56 Å². The van der Waals surface area contributed by atoms with E-state index in [1.54, 1.807) is 6.92 Å². The number of aromatic nitrogens is 2. The average Bonchev–Trinajstić information content (AvgIpc) is 2.15. The molecule has 0 aliphatic carbocycles. The van der Waals surface area contributed by atoms with Gasteiger partial charge in [-0.1, -0.05) is 12.2 Å². The van der Waals surface area contributed by atoms with E-state index in [0.717, 1.165) is 6.20 Å². The summed E-state index contributed by atoms with van der Waals surface area (Å²) in [6.07, 6.45) is 0.925. The monoisotopic (exact) mass is 212 g/mol. The first kappa shape index (κ1) is 9.21. The lowest BCUT2D eigenvalue weighted by molar-refractivity contribution is 0.505. The fraction of sp³-hybridized carbons (Fsp3) is 0.111. The van der Waals surface area contributed by atoms with Crippen LogP contribution in [0.25, 0.3) is 11.4 Å². The Bertz CT molecular complexity index is 521. The molecule has 72 valence electrons. The predicted molar refractivity (Wildman–Crippen MR) is 50.7 cm³/mol. The van der Waals surface area contributed by atoms with Gasteiger partial charge in [-0.15, -0.1) is 0 Å². The van der Waals surface area contributed by atoms with Crippen molar-refractivity contribution in [1.82, 2.24) is 9.97 Å². The summed E-state index contributed by atoms with van der Waals surface area (Å²) in [6, 6.07) is 1.49. The lowest BCUT2D eigenvalue weighted by Gasteiger charge is -2.06. The van der Waals surface area contributed by atoms with Crippen LogP contribution in [-0.2, 0) is 0 Å². The van der Waals surface area contributed by atoms with Gasteiger partial charge in [0.05, 0.1) is 5.56 Å². The van der Waals surface area contributed by atoms with Crippen LogP contribution in [0.15, 0.2) is 12.3 Å². The van der Waals surface area contributed by atoms with Gasteiger partial charge in [-0.3, -0.25) is 0 Å². The number of fused-ring (bicyclic) bond motifs is 1. The molecule has 1 N–H and O–H groups in total. The normalized spacial score (nSPS) is 10.8. The Morgan fingerprint density at radius 2 is 2.14 bits per heavy atom. The van der Waals surface area contributed by atoms with Crippen molar-refractivity contribution >= 4 is 12.2 Å². The second-order valence-corrected chi connectivity index (χ2v) is 3.34. The van der Waals surface area contributed by atoms with Crippen LogP contribution in [-0.4, -0.2) is 9.97 Å². The van der Waals surface area contributed by atoms with E-state index in [1.807, 2.05) is 0 Å². The molecule has 2 aliphatic rings. The Morgan fingerprint density at radius 1 is 1.43 bits per heavy atom. The molecule has 0 aromatic rings. The molecule has 0 atom stereocenters. The Hall–Kier alpha value is -1.36. The second-order valence-electron chi connectivity index (χ2n) is 2.96. The maximum atomic E-state index is 13.2. The first-order chi connectivity index (χ1) is 6.59. The van der Waals surface area contributed by atoms with Crippen LogP contribution < -0.4 is 0 Å². The van der Waals surface area contributed by atoms with Crippen molar-refractivity contribution < 1.29 is 8.78 Å². The number of aromatic amines is 1. The average molecular weight is 212 g/mol. The van der Waals surface area contributed by atoms with Gasteiger partial charge < -0.3 is 4.98 Å². The van der Waals surface area contributed by atoms with E-state index in [1.165, 1.54) is 6.07 Å². The van der Waals surface area contributed by atoms with Gasteiger partial charge >= 0.3 is 0 Å². The highest BCUT2D eigenvalue weighted by atomic mass is 32.1. The van der Waals surface area contributed by atoms with Crippen LogP contribution in [0.2, 0.25) is 0 Å². The maximum absolute atomic E-state index is 13.2. The zero-order chi connectivity index (χ0) is 10.3. The lowest BCUT2D eigenvalue weighted by Crippen LogP contribution is -1.99. The summed E-state index contributed by atoms with van der Waals surface area (Å²) < 4.78 is 26.5. The number of halogens is 2. The summed E-state index contributed by atoms with van der Waals surface area (Å²) >= 11 is 4.91. The van der Waals surface area contributed by atoms with Crippen molar-refractivity contribution in [2.45, 2.75) is 6.92 Å². The molecule has 14 heavy (non-hydrogen) atoms. The van der Waals surface area contributed by atoms with Crippen molar-refractivity contribution in [2.24, 2.45) is 0 Å². The summed E-state index contributed by atoms with van der Waals surface area (Å²) in [5, 5.41) is 0. The molecule has 0 spiro atoms. The summed E-state index contributed by atoms with van der Waals surface area (Å²) in [4.78, 5) is 6.46. The van der Waals surface area contributed by atoms with Crippen LogP contribution in [0.4, 0.5) is 8.78 Å². The molecule has 0 radical (unpaired) electrons. The standard InChI is InChI=1S/C9H6F2N2S/c1-4-2-5-7(11)6(10)3-12-8(5)13-9(4)14/h2-3H,1H3,(H,12,13,14). The second kappa shape index (κ2) is 3.09. The first-order valence-electron chi connectivity index (χ1n) is 3.93. The molecule has 0 saturated heterocycles. The van der Waals surface area contributed by atoms with Gasteiger partial charge in [0.25, 0.3) is 0 Å². The Morgan fingerprint density at radius 3 is 2.86 bits per heavy atom. The number of nitrogens with zero attached hydrogens (tertiary/aromatic N) is 1. The van der Waals surface area contributed by atoms with Gasteiger partial charge in [0, 0.05) is 6.20 Å². The number of hydrogen-bond acceptors (Lipinski definition) is 2. The Balaban J connectivity index is 2.90. The van der Waals surface area contributed by atoms with Gasteiger partial charge in [-0.05, 0) is 18.6 Å². The van der Waals surface area contributed by atoms with Crippen LogP contribution in [0.5, 0.6) is 0 Å². The molecule has 0 amide bonds. The van der Waals surface area contributed by atoms with Gasteiger partial charge in [0.15, 0.2) is 11.6 Å². The number of H-pyrrole nitrogens is 1. The molecular formula is C9H6F2N2S. The highest BCUT2D eigenvalue weighted by Gasteiger charge is 2.14. The van der Waals surface area contributed by atoms with E-state index < -0.39 is 11.6 Å². The SMILES string of the molecule is Cc1cc2c(F)c(F)c[nH]c-2nc1=S. The van der Waals surface area contributed by atoms with Crippen LogP contribution in [0.3, 0.4) is 0 Å². The molecular weight excluding hydrogens is 206 g/mol. The zero-order valence-electron chi connectivity index (χ0n) is 7.27. The smallest absolute Gasteiger partial charge is 0.175 e. The topological polar surface area (TPSA) is 28.7 Å². The Kier molecular flexibility index (Phi) is 2.03. The zero-order valence-corrected chi connectivity index (χ0v) is 8.08. The minimum absolute atomic E-state index is 0.121. The molecule has 2 aliphatic heterocycles. The maximum Gasteiger partial charge on any atom is 0.175 e. The number of pyridine rings is 2. The molecule has 0 bridgehead atoms. The van der Waals surface area contributed by atoms with E-state index in [-0.39, 0.29) is 11.4 Å². The third kappa shape index (κ3) is 1.29. The number of aryl methyl sites for hydroxylation is 1. The molecule has 0 saturated carbocycles. The minimum Gasteiger partial charge on any atom is -0.343 e. The van der Waals surface area contributed by atoms with Gasteiger partial charge in [0.1, 0.15) is 10.5 Å². The van der Waals surface area contributed by atoms with Gasteiger partial charge in [-0.25, -0.2) is 13.8 Å². The van der Waals surface area contributed by atoms with Crippen LogP contribution in [0, 0.1) is 23.2 Å². The Labute approximate surface area is 84.0 Å². The van der Waals surface area contributed by atoms with Crippen molar-refractivity contribution in [3.05, 3.63) is 34.1 Å². The third-order valence-corrected chi connectivity index (χ3v) is 2.36. The summed E-state index contributed by atoms with van der Waals surface area (Å²) in [5.41, 5.74) is 0.779. The molecule has 2 nitrogen and oxygen atoms in total. The van der Waals surface area contributed by atoms with Crippen molar-refractivity contribution in [2.75, 3.05) is 0 Å². The summed E-state index contributed by atoms with van der Waals surface area (Å²) in [6.45, 7) is 1.71. The van der Waals surface area contributed by atoms with Crippen molar-refractivity contribution in [3.8, 4) is 11.4 Å². The predicted octanol–water partition coefficient (Wildman–Crippen LogP) is 2.83. The number of hydrogen-bond donors (Lipinski definition) is 1. The first-order valence-corrected chi connectivity index (χ1v) is 4.34. The quantitative estimate of drug-likeness (QED) is 0.680. The van der Waals surface area contributed by atoms with E-state index in [4.69, 9.17) is 12.2 Å². The fourth-order valence-corrected chi connectivity index (χ4v) is 1.35. The number of rotatable bonds is 0. The lowest BCUT2D eigenvalue weighted by atomic mass is 10.1. The van der Waals surface area contributed by atoms with Gasteiger partial charge in [-0.2, -0.15) is 0 Å². The van der Waals surface area contributed by atoms with E-state index in [0.29, 0.717) is 10.2 Å². The fourth-order valence-electron chi connectivity index (χ4n) is 1.20. The van der Waals surface area contributed by atoms with E-state index >= 15 is 0 Å². The largest absolute Gasteiger partial charge is 0.343 e. The molecule has 0 unspecified atom stereocenters. The summed E-state index contributed by atoms with van der Waals surface area (Å²) in [5.74, 6) is -1.56. The molecule has 0 fully saturated rings. The van der Waals surface area contributed by atoms with Crippen molar-refractivity contribution in [3.63, 3.8) is 0 Å². The van der Waals surface area contributed by atoms with Gasteiger partial charge in [0.2, 0.25) is 0 Å². The van der Waals surface area contributed by atoms with E-state index in [2.05, 4.69) is 9.97 Å². The summed E-state index contributed by atoms with van der Waals surface area (Å²) in [7, 11) is 0.